The van der Waals surface area contributed by atoms with Gasteiger partial charge in [-0.05, 0) is 47.4 Å². The van der Waals surface area contributed by atoms with E-state index in [1.54, 1.807) is 34.0 Å². The van der Waals surface area contributed by atoms with Gasteiger partial charge in [-0.15, -0.1) is 34.0 Å². The minimum Gasteiger partial charge on any atom is -0.274 e. The first-order valence-corrected chi connectivity index (χ1v) is 13.7. The molecule has 3 aromatic heterocycles. The number of nitrogens with zero attached hydrogens (tertiary/aromatic N) is 1. The Morgan fingerprint density at radius 2 is 1.44 bits per heavy atom. The Morgan fingerprint density at radius 1 is 0.875 bits per heavy atom. The van der Waals surface area contributed by atoms with Crippen LogP contribution in [0, 0.1) is 5.92 Å². The summed E-state index contributed by atoms with van der Waals surface area (Å²) < 4.78 is 0. The summed E-state index contributed by atoms with van der Waals surface area (Å²) in [6.45, 7) is 4.84. The average molecular weight is 480 g/mol. The van der Waals surface area contributed by atoms with Crippen LogP contribution in [-0.4, -0.2) is 23.3 Å². The highest BCUT2D eigenvalue weighted by Crippen LogP contribution is 2.48. The van der Waals surface area contributed by atoms with Crippen molar-refractivity contribution in [1.29, 1.82) is 0 Å². The van der Waals surface area contributed by atoms with Crippen molar-refractivity contribution in [1.82, 2.24) is 4.90 Å². The van der Waals surface area contributed by atoms with Crippen LogP contribution >= 0.6 is 34.0 Å². The van der Waals surface area contributed by atoms with Gasteiger partial charge in [-0.25, -0.2) is 0 Å². The number of carbonyl (C=O) groups excluding carboxylic acids is 2. The molecule has 1 aliphatic heterocycles. The molecule has 4 aromatic rings. The molecule has 1 atom stereocenters. The van der Waals surface area contributed by atoms with Crippen LogP contribution < -0.4 is 0 Å². The summed E-state index contributed by atoms with van der Waals surface area (Å²) in [5.74, 6) is 0.0896. The van der Waals surface area contributed by atoms with E-state index in [1.807, 2.05) is 12.1 Å². The zero-order valence-corrected chi connectivity index (χ0v) is 20.7. The van der Waals surface area contributed by atoms with Gasteiger partial charge in [0, 0.05) is 27.1 Å². The fraction of sp³-hybridized carbons (Fsp3) is 0.308. The molecule has 4 heterocycles. The third-order valence-corrected chi connectivity index (χ3v) is 9.60. The summed E-state index contributed by atoms with van der Waals surface area (Å²) in [7, 11) is 0. The first-order chi connectivity index (χ1) is 15.6. The number of fused-ring (bicyclic) bond motifs is 2. The van der Waals surface area contributed by atoms with Crippen molar-refractivity contribution in [3.63, 3.8) is 0 Å². The molecule has 32 heavy (non-hydrogen) atoms. The molecule has 1 aliphatic rings. The van der Waals surface area contributed by atoms with E-state index >= 15 is 0 Å². The van der Waals surface area contributed by atoms with E-state index in [9.17, 15) is 9.59 Å². The topological polar surface area (TPSA) is 37.4 Å². The molecule has 0 N–H and O–H groups in total. The molecule has 6 heteroatoms. The molecule has 0 spiro atoms. The van der Waals surface area contributed by atoms with Crippen molar-refractivity contribution < 1.29 is 9.59 Å². The number of hydrogen-bond donors (Lipinski definition) is 0. The summed E-state index contributed by atoms with van der Waals surface area (Å²) in [4.78, 5) is 32.9. The zero-order chi connectivity index (χ0) is 22.2. The fourth-order valence-electron chi connectivity index (χ4n) is 4.45. The van der Waals surface area contributed by atoms with Gasteiger partial charge in [0.15, 0.2) is 0 Å². The maximum Gasteiger partial charge on any atom is 0.261 e. The Labute approximate surface area is 200 Å². The van der Waals surface area contributed by atoms with Crippen LogP contribution in [-0.2, 0) is 0 Å². The number of unbranched alkanes of at least 4 members (excludes halogenated alkanes) is 1. The second-order valence-electron chi connectivity index (χ2n) is 8.30. The van der Waals surface area contributed by atoms with Crippen LogP contribution in [0.25, 0.3) is 30.3 Å². The monoisotopic (exact) mass is 479 g/mol. The van der Waals surface area contributed by atoms with E-state index in [0.717, 1.165) is 36.5 Å². The summed E-state index contributed by atoms with van der Waals surface area (Å²) in [5.41, 5.74) is 1.11. The van der Waals surface area contributed by atoms with E-state index in [2.05, 4.69) is 48.9 Å². The van der Waals surface area contributed by atoms with Crippen LogP contribution in [0.3, 0.4) is 0 Å². The highest BCUT2D eigenvalue weighted by atomic mass is 32.1. The number of thiophene rings is 3. The van der Waals surface area contributed by atoms with E-state index in [4.69, 9.17) is 0 Å². The summed E-state index contributed by atoms with van der Waals surface area (Å²) in [6, 6.07) is 12.3. The Balaban J connectivity index is 1.60. The molecule has 0 radical (unpaired) electrons. The standard InChI is InChI=1S/C26H25NO2S3/c1-3-5-8-16(4-2)15-27-25(28)19-13-17-18(14-20(19)26(27)29)24(22-10-7-12-31-22)32-23(17)21-9-6-11-30-21/h6-7,9-14,16H,3-5,8,15H2,1-2H3. The van der Waals surface area contributed by atoms with Gasteiger partial charge in [0.2, 0.25) is 0 Å². The largest absolute Gasteiger partial charge is 0.274 e. The summed E-state index contributed by atoms with van der Waals surface area (Å²) in [6.07, 6.45) is 4.30. The van der Waals surface area contributed by atoms with Crippen LogP contribution in [0.4, 0.5) is 0 Å². The lowest BCUT2D eigenvalue weighted by atomic mass is 9.99. The van der Waals surface area contributed by atoms with E-state index in [0.29, 0.717) is 23.6 Å². The lowest BCUT2D eigenvalue weighted by molar-refractivity contribution is 0.0624. The highest BCUT2D eigenvalue weighted by molar-refractivity contribution is 7.27. The highest BCUT2D eigenvalue weighted by Gasteiger charge is 2.37. The molecule has 2 amide bonds. The number of rotatable bonds is 8. The van der Waals surface area contributed by atoms with Crippen molar-refractivity contribution in [3.8, 4) is 19.5 Å². The molecule has 0 bridgehead atoms. The third-order valence-electron chi connectivity index (χ3n) is 6.28. The van der Waals surface area contributed by atoms with Gasteiger partial charge in [0.1, 0.15) is 0 Å². The van der Waals surface area contributed by atoms with Gasteiger partial charge in [-0.1, -0.05) is 45.2 Å². The number of benzene rings is 1. The maximum absolute atomic E-state index is 13.3. The molecule has 0 saturated heterocycles. The van der Waals surface area contributed by atoms with E-state index < -0.39 is 0 Å². The van der Waals surface area contributed by atoms with Gasteiger partial charge in [0.05, 0.1) is 20.9 Å². The normalized spacial score (nSPS) is 14.5. The minimum atomic E-state index is -0.136. The molecule has 0 fully saturated rings. The van der Waals surface area contributed by atoms with Gasteiger partial charge in [-0.3, -0.25) is 14.5 Å². The molecular formula is C26H25NO2S3. The van der Waals surface area contributed by atoms with Gasteiger partial charge >= 0.3 is 0 Å². The molecular weight excluding hydrogens is 454 g/mol. The number of carbonyl (C=O) groups is 2. The van der Waals surface area contributed by atoms with Gasteiger partial charge < -0.3 is 0 Å². The van der Waals surface area contributed by atoms with Crippen molar-refractivity contribution >= 4 is 56.6 Å². The Hall–Kier alpha value is -2.28. The summed E-state index contributed by atoms with van der Waals surface area (Å²) >= 11 is 5.17. The number of amides is 2. The molecule has 0 saturated carbocycles. The van der Waals surface area contributed by atoms with Crippen LogP contribution in [0.1, 0.15) is 60.2 Å². The van der Waals surface area contributed by atoms with Crippen molar-refractivity contribution in [2.45, 2.75) is 39.5 Å². The van der Waals surface area contributed by atoms with Crippen LogP contribution in [0.5, 0.6) is 0 Å². The van der Waals surface area contributed by atoms with Crippen molar-refractivity contribution in [2.75, 3.05) is 6.54 Å². The second-order valence-corrected chi connectivity index (χ2v) is 11.2. The Bertz CT molecular complexity index is 1180. The van der Waals surface area contributed by atoms with Crippen molar-refractivity contribution in [3.05, 3.63) is 58.3 Å². The predicted molar refractivity (Wildman–Crippen MR) is 137 cm³/mol. The molecule has 164 valence electrons. The molecule has 5 rings (SSSR count). The Kier molecular flexibility index (Phi) is 6.01. The number of imide groups is 1. The molecule has 3 nitrogen and oxygen atoms in total. The van der Waals surface area contributed by atoms with Crippen LogP contribution in [0.2, 0.25) is 0 Å². The van der Waals surface area contributed by atoms with Crippen molar-refractivity contribution in [2.24, 2.45) is 5.92 Å². The lowest BCUT2D eigenvalue weighted by Gasteiger charge is -2.21. The Morgan fingerprint density at radius 3 is 1.88 bits per heavy atom. The third kappa shape index (κ3) is 3.64. The quantitative estimate of drug-likeness (QED) is 0.239. The van der Waals surface area contributed by atoms with Gasteiger partial charge in [-0.2, -0.15) is 0 Å². The molecule has 1 unspecified atom stereocenters. The molecule has 1 aromatic carbocycles. The lowest BCUT2D eigenvalue weighted by Crippen LogP contribution is -2.34. The first kappa shape index (κ1) is 21.6. The molecule has 0 aliphatic carbocycles. The van der Waals surface area contributed by atoms with Crippen LogP contribution in [0.15, 0.2) is 47.2 Å². The number of hydrogen-bond acceptors (Lipinski definition) is 5. The summed E-state index contributed by atoms with van der Waals surface area (Å²) in [5, 5.41) is 6.30. The van der Waals surface area contributed by atoms with Gasteiger partial charge in [0.25, 0.3) is 11.8 Å². The smallest absolute Gasteiger partial charge is 0.261 e. The predicted octanol–water partition coefficient (Wildman–Crippen LogP) is 8.17. The second kappa shape index (κ2) is 8.93. The van der Waals surface area contributed by atoms with E-state index in [1.165, 1.54) is 24.4 Å². The average Bonchev–Trinajstić information content (AvgIpc) is 3.60. The zero-order valence-electron chi connectivity index (χ0n) is 18.2. The van der Waals surface area contributed by atoms with E-state index in [-0.39, 0.29) is 11.8 Å². The fourth-order valence-corrected chi connectivity index (χ4v) is 7.44. The SMILES string of the molecule is CCCCC(CC)CN1C(=O)c2cc3c(-c4cccs4)sc(-c4cccs4)c3cc2C1=O. The maximum atomic E-state index is 13.3. The first-order valence-electron chi connectivity index (χ1n) is 11.2. The minimum absolute atomic E-state index is 0.136.